The molecule has 0 bridgehead atoms. The SMILES string of the molecule is Cc1cccc(C(=O)N2CC3(C[C@@H](Oc4cccnc4)CS3)C2)n1. The van der Waals surface area contributed by atoms with Crippen molar-refractivity contribution >= 4 is 17.7 Å². The normalized spacial score (nSPS) is 21.5. The average Bonchev–Trinajstić information content (AvgIpc) is 2.98. The van der Waals surface area contributed by atoms with Crippen LogP contribution in [0.3, 0.4) is 0 Å². The van der Waals surface area contributed by atoms with E-state index in [1.165, 1.54) is 0 Å². The molecule has 4 rings (SSSR count). The summed E-state index contributed by atoms with van der Waals surface area (Å²) in [5.41, 5.74) is 1.41. The van der Waals surface area contributed by atoms with Crippen molar-refractivity contribution in [3.8, 4) is 5.75 Å². The van der Waals surface area contributed by atoms with Crippen LogP contribution in [0, 0.1) is 6.92 Å². The average molecular weight is 341 g/mol. The van der Waals surface area contributed by atoms with Gasteiger partial charge in [-0.3, -0.25) is 9.78 Å². The molecule has 2 aliphatic rings. The number of carbonyl (C=O) groups excluding carboxylic acids is 1. The van der Waals surface area contributed by atoms with E-state index >= 15 is 0 Å². The van der Waals surface area contributed by atoms with Crippen molar-refractivity contribution in [1.29, 1.82) is 0 Å². The highest BCUT2D eigenvalue weighted by Gasteiger charge is 2.51. The molecule has 0 unspecified atom stereocenters. The van der Waals surface area contributed by atoms with Crippen molar-refractivity contribution in [2.24, 2.45) is 0 Å². The molecule has 24 heavy (non-hydrogen) atoms. The number of amides is 1. The summed E-state index contributed by atoms with van der Waals surface area (Å²) in [7, 11) is 0. The fraction of sp³-hybridized carbons (Fsp3) is 0.389. The van der Waals surface area contributed by atoms with Crippen molar-refractivity contribution < 1.29 is 9.53 Å². The van der Waals surface area contributed by atoms with Crippen LogP contribution in [-0.2, 0) is 0 Å². The minimum absolute atomic E-state index is 0.0292. The molecule has 1 amide bonds. The fourth-order valence-corrected chi connectivity index (χ4v) is 4.85. The predicted octanol–water partition coefficient (Wildman–Crippen LogP) is 2.56. The van der Waals surface area contributed by atoms with Crippen LogP contribution < -0.4 is 4.74 Å². The third-order valence-electron chi connectivity index (χ3n) is 4.46. The second-order valence-electron chi connectivity index (χ2n) is 6.45. The second-order valence-corrected chi connectivity index (χ2v) is 7.94. The minimum Gasteiger partial charge on any atom is -0.488 e. The summed E-state index contributed by atoms with van der Waals surface area (Å²) < 4.78 is 6.15. The Morgan fingerprint density at radius 3 is 2.96 bits per heavy atom. The quantitative estimate of drug-likeness (QED) is 0.859. The molecule has 0 saturated carbocycles. The van der Waals surface area contributed by atoms with Crippen LogP contribution in [-0.4, -0.2) is 50.5 Å². The van der Waals surface area contributed by atoms with Gasteiger partial charge in [0.2, 0.25) is 0 Å². The van der Waals surface area contributed by atoms with E-state index in [-0.39, 0.29) is 16.8 Å². The first-order valence-electron chi connectivity index (χ1n) is 8.07. The molecule has 0 aliphatic carbocycles. The first kappa shape index (κ1) is 15.4. The molecule has 5 nitrogen and oxygen atoms in total. The Morgan fingerprint density at radius 1 is 1.33 bits per heavy atom. The van der Waals surface area contributed by atoms with Crippen molar-refractivity contribution in [3.05, 3.63) is 54.1 Å². The number of hydrogen-bond donors (Lipinski definition) is 0. The molecule has 0 radical (unpaired) electrons. The lowest BCUT2D eigenvalue weighted by atomic mass is 9.92. The molecule has 2 fully saturated rings. The van der Waals surface area contributed by atoms with Gasteiger partial charge in [0.25, 0.3) is 5.91 Å². The molecule has 2 aromatic rings. The zero-order chi connectivity index (χ0) is 16.6. The van der Waals surface area contributed by atoms with Gasteiger partial charge in [-0.1, -0.05) is 6.07 Å². The number of likely N-dealkylation sites (tertiary alicyclic amines) is 1. The Kier molecular flexibility index (Phi) is 3.92. The maximum absolute atomic E-state index is 12.5. The van der Waals surface area contributed by atoms with Gasteiger partial charge in [-0.25, -0.2) is 4.98 Å². The first-order valence-corrected chi connectivity index (χ1v) is 9.06. The summed E-state index contributed by atoms with van der Waals surface area (Å²) in [6.07, 6.45) is 4.65. The van der Waals surface area contributed by atoms with E-state index in [9.17, 15) is 4.79 Å². The number of nitrogens with zero attached hydrogens (tertiary/aromatic N) is 3. The van der Waals surface area contributed by atoms with Crippen LogP contribution in [0.5, 0.6) is 5.75 Å². The number of ether oxygens (including phenoxy) is 1. The standard InChI is InChI=1S/C18H19N3O2S/c1-13-4-2-6-16(20-13)17(22)21-11-18(12-21)8-15(10-24-18)23-14-5-3-7-19-9-14/h2-7,9,15H,8,10-12H2,1H3/t15-/m1/s1. The van der Waals surface area contributed by atoms with Gasteiger partial charge in [0.15, 0.2) is 0 Å². The maximum atomic E-state index is 12.5. The fourth-order valence-electron chi connectivity index (χ4n) is 3.32. The molecule has 124 valence electrons. The van der Waals surface area contributed by atoms with Crippen LogP contribution in [0.25, 0.3) is 0 Å². The van der Waals surface area contributed by atoms with E-state index < -0.39 is 0 Å². The molecule has 6 heteroatoms. The topological polar surface area (TPSA) is 55.3 Å². The largest absolute Gasteiger partial charge is 0.488 e. The van der Waals surface area contributed by atoms with E-state index in [0.29, 0.717) is 5.69 Å². The Labute approximate surface area is 145 Å². The minimum atomic E-state index is 0.0292. The zero-order valence-corrected chi connectivity index (χ0v) is 14.3. The highest BCUT2D eigenvalue weighted by molar-refractivity contribution is 8.01. The highest BCUT2D eigenvalue weighted by atomic mass is 32.2. The number of hydrogen-bond acceptors (Lipinski definition) is 5. The van der Waals surface area contributed by atoms with E-state index in [2.05, 4.69) is 9.97 Å². The Bertz CT molecular complexity index is 747. The smallest absolute Gasteiger partial charge is 0.272 e. The lowest BCUT2D eigenvalue weighted by Crippen LogP contribution is -2.61. The Morgan fingerprint density at radius 2 is 2.21 bits per heavy atom. The summed E-state index contributed by atoms with van der Waals surface area (Å²) in [4.78, 5) is 22.8. The lowest BCUT2D eigenvalue weighted by molar-refractivity contribution is 0.0512. The van der Waals surface area contributed by atoms with E-state index in [0.717, 1.165) is 36.7 Å². The van der Waals surface area contributed by atoms with E-state index in [4.69, 9.17) is 4.74 Å². The van der Waals surface area contributed by atoms with Crippen molar-refractivity contribution in [3.63, 3.8) is 0 Å². The van der Waals surface area contributed by atoms with Crippen LogP contribution in [0.1, 0.15) is 22.6 Å². The van der Waals surface area contributed by atoms with Crippen molar-refractivity contribution in [2.75, 3.05) is 18.8 Å². The molecule has 1 spiro atoms. The number of carbonyl (C=O) groups is 1. The van der Waals surface area contributed by atoms with Crippen LogP contribution in [0.2, 0.25) is 0 Å². The van der Waals surface area contributed by atoms with Gasteiger partial charge in [0, 0.05) is 37.2 Å². The number of aryl methyl sites for hydroxylation is 1. The molecular formula is C18H19N3O2S. The van der Waals surface area contributed by atoms with Gasteiger partial charge in [-0.15, -0.1) is 11.8 Å². The molecule has 0 aromatic carbocycles. The molecule has 0 N–H and O–H groups in total. The third kappa shape index (κ3) is 2.98. The molecule has 2 aliphatic heterocycles. The molecular weight excluding hydrogens is 322 g/mol. The lowest BCUT2D eigenvalue weighted by Gasteiger charge is -2.47. The first-order chi connectivity index (χ1) is 11.6. The Hall–Kier alpha value is -2.08. The Balaban J connectivity index is 1.34. The summed E-state index contributed by atoms with van der Waals surface area (Å²) >= 11 is 1.92. The van der Waals surface area contributed by atoms with Gasteiger partial charge in [0.05, 0.1) is 10.9 Å². The van der Waals surface area contributed by atoms with Gasteiger partial charge in [-0.2, -0.15) is 0 Å². The number of rotatable bonds is 3. The van der Waals surface area contributed by atoms with Gasteiger partial charge < -0.3 is 9.64 Å². The number of thioether (sulfide) groups is 1. The summed E-state index contributed by atoms with van der Waals surface area (Å²) in [6, 6.07) is 9.39. The van der Waals surface area contributed by atoms with Gasteiger partial charge in [-0.05, 0) is 31.2 Å². The zero-order valence-electron chi connectivity index (χ0n) is 13.5. The molecule has 2 saturated heterocycles. The monoisotopic (exact) mass is 341 g/mol. The van der Waals surface area contributed by atoms with Gasteiger partial charge in [0.1, 0.15) is 17.5 Å². The molecule has 4 heterocycles. The summed E-state index contributed by atoms with van der Waals surface area (Å²) in [5.74, 6) is 1.80. The number of pyridine rings is 2. The summed E-state index contributed by atoms with van der Waals surface area (Å²) in [6.45, 7) is 3.46. The second kappa shape index (κ2) is 6.09. The predicted molar refractivity (Wildman–Crippen MR) is 93.3 cm³/mol. The van der Waals surface area contributed by atoms with Crippen LogP contribution >= 0.6 is 11.8 Å². The van der Waals surface area contributed by atoms with E-state index in [1.54, 1.807) is 18.5 Å². The molecule has 1 atom stereocenters. The highest BCUT2D eigenvalue weighted by Crippen LogP contribution is 2.46. The molecule has 2 aromatic heterocycles. The number of aromatic nitrogens is 2. The third-order valence-corrected chi connectivity index (χ3v) is 6.04. The van der Waals surface area contributed by atoms with Gasteiger partial charge >= 0.3 is 0 Å². The van der Waals surface area contributed by atoms with Crippen LogP contribution in [0.15, 0.2) is 42.7 Å². The van der Waals surface area contributed by atoms with E-state index in [1.807, 2.05) is 47.9 Å². The summed E-state index contributed by atoms with van der Waals surface area (Å²) in [5, 5.41) is 0. The maximum Gasteiger partial charge on any atom is 0.272 e. The van der Waals surface area contributed by atoms with Crippen molar-refractivity contribution in [1.82, 2.24) is 14.9 Å². The van der Waals surface area contributed by atoms with Crippen LogP contribution in [0.4, 0.5) is 0 Å². The van der Waals surface area contributed by atoms with Crippen molar-refractivity contribution in [2.45, 2.75) is 24.2 Å².